The van der Waals surface area contributed by atoms with Crippen LogP contribution in [0.1, 0.15) is 0 Å². The predicted molar refractivity (Wildman–Crippen MR) is 51.9 cm³/mol. The topological polar surface area (TPSA) is 66.0 Å². The molecule has 0 amide bonds. The lowest BCUT2D eigenvalue weighted by atomic mass is 10.2. The highest BCUT2D eigenvalue weighted by Gasteiger charge is 2.04. The Morgan fingerprint density at radius 1 is 1.33 bits per heavy atom. The van der Waals surface area contributed by atoms with E-state index in [0.29, 0.717) is 5.56 Å². The number of nitrogens with zero attached hydrogens (tertiary/aromatic N) is 1. The lowest BCUT2D eigenvalue weighted by molar-refractivity contribution is 0.469. The Balaban J connectivity index is 2.58. The van der Waals surface area contributed by atoms with Crippen molar-refractivity contribution in [1.29, 1.82) is 0 Å². The largest absolute Gasteiger partial charge is 0.508 e. The molecule has 0 aliphatic heterocycles. The maximum atomic E-state index is 12.9. The van der Waals surface area contributed by atoms with E-state index in [4.69, 9.17) is 5.11 Å². The van der Waals surface area contributed by atoms with Crippen molar-refractivity contribution in [2.24, 2.45) is 0 Å². The van der Waals surface area contributed by atoms with E-state index < -0.39 is 5.82 Å². The first kappa shape index (κ1) is 9.39. The molecule has 2 N–H and O–H groups in total. The Bertz CT molecular complexity index is 531. The Hall–Kier alpha value is -2.17. The molecule has 0 bridgehead atoms. The van der Waals surface area contributed by atoms with E-state index >= 15 is 0 Å². The van der Waals surface area contributed by atoms with Crippen molar-refractivity contribution in [2.75, 3.05) is 0 Å². The minimum absolute atomic E-state index is 0.212. The summed E-state index contributed by atoms with van der Waals surface area (Å²) in [5.74, 6) is -0.578. The Labute approximate surface area is 84.0 Å². The van der Waals surface area contributed by atoms with Crippen LogP contribution in [0.4, 0.5) is 4.39 Å². The van der Waals surface area contributed by atoms with Gasteiger partial charge in [-0.2, -0.15) is 0 Å². The molecular weight excluding hydrogens is 199 g/mol. The van der Waals surface area contributed by atoms with Crippen molar-refractivity contribution in [3.05, 3.63) is 46.6 Å². The fourth-order valence-electron chi connectivity index (χ4n) is 1.23. The van der Waals surface area contributed by atoms with Gasteiger partial charge in [-0.3, -0.25) is 4.79 Å². The van der Waals surface area contributed by atoms with Crippen LogP contribution < -0.4 is 5.56 Å². The Morgan fingerprint density at radius 2 is 2.13 bits per heavy atom. The van der Waals surface area contributed by atoms with Crippen molar-refractivity contribution in [3.8, 4) is 17.1 Å². The van der Waals surface area contributed by atoms with Crippen LogP contribution in [-0.4, -0.2) is 15.1 Å². The summed E-state index contributed by atoms with van der Waals surface area (Å²) in [6.45, 7) is 0. The lowest BCUT2D eigenvalue weighted by Crippen LogP contribution is -2.05. The first-order valence-electron chi connectivity index (χ1n) is 4.20. The van der Waals surface area contributed by atoms with Crippen molar-refractivity contribution in [1.82, 2.24) is 9.97 Å². The molecule has 0 aliphatic carbocycles. The van der Waals surface area contributed by atoms with E-state index in [-0.39, 0.29) is 17.1 Å². The average Bonchev–Trinajstić information content (AvgIpc) is 2.16. The minimum Gasteiger partial charge on any atom is -0.508 e. The van der Waals surface area contributed by atoms with Gasteiger partial charge >= 0.3 is 0 Å². The number of hydrogen-bond donors (Lipinski definition) is 2. The van der Waals surface area contributed by atoms with Crippen LogP contribution in [0.5, 0.6) is 5.75 Å². The molecule has 0 radical (unpaired) electrons. The van der Waals surface area contributed by atoms with E-state index in [2.05, 4.69) is 9.97 Å². The van der Waals surface area contributed by atoms with Crippen molar-refractivity contribution in [2.45, 2.75) is 0 Å². The van der Waals surface area contributed by atoms with Crippen LogP contribution >= 0.6 is 0 Å². The van der Waals surface area contributed by atoms with Crippen molar-refractivity contribution >= 4 is 0 Å². The standard InChI is InChI=1S/C10H7FN2O2/c11-7-3-6(4-8(14)5-7)10-12-2-1-9(15)13-10/h1-5,14H,(H,12,13,15). The van der Waals surface area contributed by atoms with Gasteiger partial charge in [0.15, 0.2) is 0 Å². The molecule has 0 unspecified atom stereocenters. The first-order valence-corrected chi connectivity index (χ1v) is 4.20. The molecule has 2 aromatic rings. The second kappa shape index (κ2) is 3.53. The fourth-order valence-corrected chi connectivity index (χ4v) is 1.23. The van der Waals surface area contributed by atoms with Gasteiger partial charge < -0.3 is 10.1 Å². The van der Waals surface area contributed by atoms with Gasteiger partial charge in [-0.1, -0.05) is 0 Å². The molecule has 0 saturated carbocycles. The van der Waals surface area contributed by atoms with Crippen LogP contribution in [-0.2, 0) is 0 Å². The minimum atomic E-state index is -0.587. The molecule has 0 saturated heterocycles. The molecule has 0 spiro atoms. The second-order valence-electron chi connectivity index (χ2n) is 2.98. The van der Waals surface area contributed by atoms with Gasteiger partial charge in [0.05, 0.1) is 0 Å². The van der Waals surface area contributed by atoms with Gasteiger partial charge in [0.25, 0.3) is 5.56 Å². The molecule has 1 aromatic heterocycles. The van der Waals surface area contributed by atoms with Gasteiger partial charge in [-0.15, -0.1) is 0 Å². The zero-order valence-corrected chi connectivity index (χ0v) is 7.57. The molecule has 15 heavy (non-hydrogen) atoms. The number of halogens is 1. The monoisotopic (exact) mass is 206 g/mol. The molecule has 76 valence electrons. The summed E-state index contributed by atoms with van der Waals surface area (Å²) >= 11 is 0. The smallest absolute Gasteiger partial charge is 0.251 e. The number of aromatic nitrogens is 2. The maximum absolute atomic E-state index is 12.9. The number of H-pyrrole nitrogens is 1. The van der Waals surface area contributed by atoms with Gasteiger partial charge in [0, 0.05) is 23.9 Å². The van der Waals surface area contributed by atoms with Crippen LogP contribution in [0.2, 0.25) is 0 Å². The molecule has 2 rings (SSSR count). The molecule has 4 nitrogen and oxygen atoms in total. The third-order valence-electron chi connectivity index (χ3n) is 1.83. The van der Waals surface area contributed by atoms with E-state index in [9.17, 15) is 9.18 Å². The number of aromatic amines is 1. The van der Waals surface area contributed by atoms with Crippen molar-refractivity contribution < 1.29 is 9.50 Å². The fraction of sp³-hybridized carbons (Fsp3) is 0. The number of benzene rings is 1. The average molecular weight is 206 g/mol. The molecule has 5 heteroatoms. The highest BCUT2D eigenvalue weighted by molar-refractivity contribution is 5.57. The second-order valence-corrected chi connectivity index (χ2v) is 2.98. The Kier molecular flexibility index (Phi) is 2.21. The number of hydrogen-bond acceptors (Lipinski definition) is 3. The van der Waals surface area contributed by atoms with Crippen LogP contribution in [0.15, 0.2) is 35.3 Å². The number of aromatic hydroxyl groups is 1. The number of phenols is 1. The van der Waals surface area contributed by atoms with Crippen LogP contribution in [0.3, 0.4) is 0 Å². The summed E-state index contributed by atoms with van der Waals surface area (Å²) in [5.41, 5.74) is -0.00560. The quantitative estimate of drug-likeness (QED) is 0.738. The summed E-state index contributed by atoms with van der Waals surface area (Å²) in [6.07, 6.45) is 1.32. The molecule has 1 aromatic carbocycles. The zero-order chi connectivity index (χ0) is 10.8. The summed E-state index contributed by atoms with van der Waals surface area (Å²) < 4.78 is 12.9. The highest BCUT2D eigenvalue weighted by atomic mass is 19.1. The molecule has 0 aliphatic rings. The highest BCUT2D eigenvalue weighted by Crippen LogP contribution is 2.20. The van der Waals surface area contributed by atoms with Gasteiger partial charge in [0.2, 0.25) is 0 Å². The SMILES string of the molecule is O=c1ccnc(-c2cc(O)cc(F)c2)[nH]1. The summed E-state index contributed by atoms with van der Waals surface area (Å²) in [5, 5.41) is 9.16. The zero-order valence-electron chi connectivity index (χ0n) is 7.57. The molecule has 0 atom stereocenters. The summed E-state index contributed by atoms with van der Waals surface area (Å²) in [4.78, 5) is 17.3. The summed E-state index contributed by atoms with van der Waals surface area (Å²) in [7, 11) is 0. The molecular formula is C10H7FN2O2. The normalized spacial score (nSPS) is 10.2. The van der Waals surface area contributed by atoms with Gasteiger partial charge in [-0.05, 0) is 12.1 Å². The lowest BCUT2D eigenvalue weighted by Gasteiger charge is -2.01. The predicted octanol–water partition coefficient (Wildman–Crippen LogP) is 1.28. The molecule has 1 heterocycles. The van der Waals surface area contributed by atoms with Crippen LogP contribution in [0.25, 0.3) is 11.4 Å². The van der Waals surface area contributed by atoms with E-state index in [0.717, 1.165) is 6.07 Å². The van der Waals surface area contributed by atoms with E-state index in [1.165, 1.54) is 24.4 Å². The third-order valence-corrected chi connectivity index (χ3v) is 1.83. The van der Waals surface area contributed by atoms with Gasteiger partial charge in [0.1, 0.15) is 17.4 Å². The van der Waals surface area contributed by atoms with E-state index in [1.54, 1.807) is 0 Å². The summed E-state index contributed by atoms with van der Waals surface area (Å²) in [6, 6.07) is 4.73. The van der Waals surface area contributed by atoms with Crippen molar-refractivity contribution in [3.63, 3.8) is 0 Å². The first-order chi connectivity index (χ1) is 7.15. The maximum Gasteiger partial charge on any atom is 0.251 e. The van der Waals surface area contributed by atoms with Crippen LogP contribution in [0, 0.1) is 5.82 Å². The number of nitrogens with one attached hydrogen (secondary N) is 1. The number of rotatable bonds is 1. The van der Waals surface area contributed by atoms with Gasteiger partial charge in [-0.25, -0.2) is 9.37 Å². The third kappa shape index (κ3) is 2.01. The molecule has 0 fully saturated rings. The Morgan fingerprint density at radius 3 is 2.80 bits per heavy atom. The number of phenolic OH excluding ortho intramolecular Hbond substituents is 1. The van der Waals surface area contributed by atoms with E-state index in [1.807, 2.05) is 0 Å².